The van der Waals surface area contributed by atoms with Crippen LogP contribution in [0, 0.1) is 20.8 Å². The summed E-state index contributed by atoms with van der Waals surface area (Å²) in [6.07, 6.45) is 3.87. The molecule has 0 radical (unpaired) electrons. The first-order valence-electron chi connectivity index (χ1n) is 12.1. The fourth-order valence-electron chi connectivity index (χ4n) is 5.11. The Morgan fingerprint density at radius 1 is 0.714 bits per heavy atom. The highest BCUT2D eigenvalue weighted by atomic mass is 16.5. The predicted molar refractivity (Wildman–Crippen MR) is 145 cm³/mol. The Morgan fingerprint density at radius 3 is 1.97 bits per heavy atom. The van der Waals surface area contributed by atoms with Crippen molar-refractivity contribution in [3.8, 4) is 11.5 Å². The summed E-state index contributed by atoms with van der Waals surface area (Å²) in [5.41, 5.74) is 6.06. The van der Waals surface area contributed by atoms with Gasteiger partial charge in [-0.25, -0.2) is 9.97 Å². The normalized spacial score (nSPS) is 13.0. The quantitative estimate of drug-likeness (QED) is 0.247. The van der Waals surface area contributed by atoms with Crippen molar-refractivity contribution >= 4 is 38.9 Å². The lowest BCUT2D eigenvalue weighted by molar-refractivity contribution is 0.482. The number of nitrogens with zero attached hydrogens (tertiary/aromatic N) is 3. The maximum absolute atomic E-state index is 6.69. The zero-order chi connectivity index (χ0) is 24.5. The van der Waals surface area contributed by atoms with Crippen LogP contribution in [0.25, 0.3) is 21.5 Å². The summed E-state index contributed by atoms with van der Waals surface area (Å²) in [5.74, 6) is 3.08. The van der Waals surface area contributed by atoms with Gasteiger partial charge < -0.3 is 4.74 Å². The fraction of sp³-hybridized carbons (Fsp3) is 0.226. The molecule has 0 unspecified atom stereocenters. The van der Waals surface area contributed by atoms with Gasteiger partial charge in [-0.3, -0.25) is 4.90 Å². The summed E-state index contributed by atoms with van der Waals surface area (Å²) >= 11 is 0. The molecule has 0 aliphatic carbocycles. The Morgan fingerprint density at radius 2 is 1.31 bits per heavy atom. The number of pyridine rings is 2. The van der Waals surface area contributed by atoms with E-state index in [1.807, 2.05) is 24.5 Å². The van der Waals surface area contributed by atoms with Crippen molar-refractivity contribution in [3.63, 3.8) is 0 Å². The maximum Gasteiger partial charge on any atom is 0.183 e. The van der Waals surface area contributed by atoms with Crippen LogP contribution in [0.1, 0.15) is 43.0 Å². The Bertz CT molecular complexity index is 1620. The third-order valence-corrected chi connectivity index (χ3v) is 6.92. The van der Waals surface area contributed by atoms with E-state index in [1.54, 1.807) is 0 Å². The topological polar surface area (TPSA) is 38.2 Å². The van der Waals surface area contributed by atoms with Gasteiger partial charge in [-0.1, -0.05) is 74.9 Å². The van der Waals surface area contributed by atoms with Gasteiger partial charge in [0.05, 0.1) is 5.69 Å². The average molecular weight is 460 g/mol. The van der Waals surface area contributed by atoms with E-state index in [-0.39, 0.29) is 5.41 Å². The van der Waals surface area contributed by atoms with Gasteiger partial charge in [0, 0.05) is 33.9 Å². The molecule has 1 aliphatic rings. The van der Waals surface area contributed by atoms with Crippen molar-refractivity contribution < 1.29 is 4.74 Å². The second kappa shape index (κ2) is 7.54. The van der Waals surface area contributed by atoms with Gasteiger partial charge in [0.15, 0.2) is 23.1 Å². The van der Waals surface area contributed by atoms with Crippen molar-refractivity contribution in [3.05, 3.63) is 89.2 Å². The Balaban J connectivity index is 1.69. The smallest absolute Gasteiger partial charge is 0.183 e. The molecule has 0 atom stereocenters. The number of aryl methyl sites for hydroxylation is 3. The molecule has 0 saturated heterocycles. The third kappa shape index (κ3) is 3.35. The molecule has 0 N–H and O–H groups in total. The molecule has 0 spiro atoms. The molecule has 35 heavy (non-hydrogen) atoms. The van der Waals surface area contributed by atoms with E-state index >= 15 is 0 Å². The number of benzene rings is 3. The molecule has 3 heterocycles. The molecule has 174 valence electrons. The van der Waals surface area contributed by atoms with Gasteiger partial charge in [-0.2, -0.15) is 0 Å². The molecule has 3 aromatic carbocycles. The van der Waals surface area contributed by atoms with Gasteiger partial charge in [-0.05, 0) is 48.9 Å². The standard InChI is InChI=1S/C31H29N3O/c1-18-11-12-25-22(13-18)17-33-30-28(25)35-27-24-10-8-7-9-21(24)16-32-29(27)34(30)26-19(2)14-23(15-20(26)3)31(4,5)6/h7-17H,1-6H3. The lowest BCUT2D eigenvalue weighted by Gasteiger charge is -2.34. The van der Waals surface area contributed by atoms with Crippen LogP contribution in [0.4, 0.5) is 17.3 Å². The molecular formula is C31H29N3O. The summed E-state index contributed by atoms with van der Waals surface area (Å²) in [5, 5.41) is 4.21. The van der Waals surface area contributed by atoms with Crippen LogP contribution < -0.4 is 9.64 Å². The van der Waals surface area contributed by atoms with Crippen molar-refractivity contribution in [2.75, 3.05) is 4.90 Å². The van der Waals surface area contributed by atoms with E-state index in [0.717, 1.165) is 50.4 Å². The van der Waals surface area contributed by atoms with E-state index in [2.05, 4.69) is 88.9 Å². The van der Waals surface area contributed by atoms with Crippen molar-refractivity contribution in [2.24, 2.45) is 0 Å². The SMILES string of the molecule is Cc1ccc2c3c(ncc2c1)N(c1c(C)cc(C(C)(C)C)cc1C)c1ncc2ccccc2c1O3. The van der Waals surface area contributed by atoms with Crippen LogP contribution in [0.5, 0.6) is 11.5 Å². The molecule has 6 rings (SSSR count). The highest BCUT2D eigenvalue weighted by molar-refractivity contribution is 6.02. The molecular weight excluding hydrogens is 430 g/mol. The van der Waals surface area contributed by atoms with E-state index < -0.39 is 0 Å². The molecule has 1 aliphatic heterocycles. The highest BCUT2D eigenvalue weighted by Crippen LogP contribution is 2.54. The summed E-state index contributed by atoms with van der Waals surface area (Å²) in [6, 6.07) is 19.3. The van der Waals surface area contributed by atoms with E-state index in [4.69, 9.17) is 14.7 Å². The van der Waals surface area contributed by atoms with Crippen LogP contribution in [0.3, 0.4) is 0 Å². The van der Waals surface area contributed by atoms with E-state index in [9.17, 15) is 0 Å². The first kappa shape index (κ1) is 21.6. The zero-order valence-electron chi connectivity index (χ0n) is 21.1. The molecule has 0 fully saturated rings. The van der Waals surface area contributed by atoms with Crippen LogP contribution >= 0.6 is 0 Å². The Labute approximate surface area is 206 Å². The first-order valence-corrected chi connectivity index (χ1v) is 12.1. The molecule has 5 aromatic rings. The zero-order valence-corrected chi connectivity index (χ0v) is 21.1. The first-order chi connectivity index (χ1) is 16.7. The lowest BCUT2D eigenvalue weighted by Crippen LogP contribution is -2.21. The second-order valence-electron chi connectivity index (χ2n) is 10.6. The molecule has 2 aromatic heterocycles. The van der Waals surface area contributed by atoms with E-state index in [0.29, 0.717) is 0 Å². The summed E-state index contributed by atoms with van der Waals surface area (Å²) in [7, 11) is 0. The number of aromatic nitrogens is 2. The number of ether oxygens (including phenoxy) is 1. The Kier molecular flexibility index (Phi) is 4.65. The minimum Gasteiger partial charge on any atom is -0.448 e. The Hall–Kier alpha value is -3.92. The largest absolute Gasteiger partial charge is 0.448 e. The van der Waals surface area contributed by atoms with Gasteiger partial charge in [0.1, 0.15) is 0 Å². The number of rotatable bonds is 1. The van der Waals surface area contributed by atoms with E-state index in [1.165, 1.54) is 22.3 Å². The van der Waals surface area contributed by atoms with Gasteiger partial charge in [-0.15, -0.1) is 0 Å². The van der Waals surface area contributed by atoms with Crippen LogP contribution in [-0.2, 0) is 5.41 Å². The molecule has 4 heteroatoms. The van der Waals surface area contributed by atoms with Gasteiger partial charge >= 0.3 is 0 Å². The summed E-state index contributed by atoms with van der Waals surface area (Å²) in [6.45, 7) is 13.2. The van der Waals surface area contributed by atoms with Crippen LogP contribution in [-0.4, -0.2) is 9.97 Å². The minimum atomic E-state index is 0.0651. The molecule has 4 nitrogen and oxygen atoms in total. The summed E-state index contributed by atoms with van der Waals surface area (Å²) < 4.78 is 6.69. The second-order valence-corrected chi connectivity index (χ2v) is 10.6. The van der Waals surface area contributed by atoms with Crippen molar-refractivity contribution in [1.82, 2.24) is 9.97 Å². The maximum atomic E-state index is 6.69. The van der Waals surface area contributed by atoms with Crippen LogP contribution in [0.15, 0.2) is 67.0 Å². The molecule has 0 bridgehead atoms. The fourth-order valence-corrected chi connectivity index (χ4v) is 5.11. The lowest BCUT2D eigenvalue weighted by atomic mass is 9.84. The average Bonchev–Trinajstić information content (AvgIpc) is 2.82. The number of anilines is 3. The van der Waals surface area contributed by atoms with Gasteiger partial charge in [0.25, 0.3) is 0 Å². The molecule has 0 saturated carbocycles. The molecule has 0 amide bonds. The van der Waals surface area contributed by atoms with Crippen LogP contribution in [0.2, 0.25) is 0 Å². The van der Waals surface area contributed by atoms with Gasteiger partial charge in [0.2, 0.25) is 0 Å². The van der Waals surface area contributed by atoms with Crippen molar-refractivity contribution in [2.45, 2.75) is 47.0 Å². The third-order valence-electron chi connectivity index (χ3n) is 6.92. The minimum absolute atomic E-state index is 0.0651. The number of fused-ring (bicyclic) bond motifs is 6. The predicted octanol–water partition coefficient (Wildman–Crippen LogP) is 8.58. The monoisotopic (exact) mass is 459 g/mol. The van der Waals surface area contributed by atoms with Crippen molar-refractivity contribution in [1.29, 1.82) is 0 Å². The summed E-state index contributed by atoms with van der Waals surface area (Å²) in [4.78, 5) is 12.0. The number of hydrogen-bond donors (Lipinski definition) is 0. The highest BCUT2D eigenvalue weighted by Gasteiger charge is 2.33. The number of hydrogen-bond acceptors (Lipinski definition) is 4.